The van der Waals surface area contributed by atoms with Gasteiger partial charge in [0.1, 0.15) is 24.7 Å². The van der Waals surface area contributed by atoms with E-state index in [0.717, 1.165) is 22.2 Å². The summed E-state index contributed by atoms with van der Waals surface area (Å²) in [6, 6.07) is 11.3. The van der Waals surface area contributed by atoms with Crippen LogP contribution in [0.4, 0.5) is 9.18 Å². The third-order valence-electron chi connectivity index (χ3n) is 5.09. The second-order valence-electron chi connectivity index (χ2n) is 7.37. The maximum Gasteiger partial charge on any atom is 0.294 e. The lowest BCUT2D eigenvalue weighted by Gasteiger charge is -2.28. The molecule has 0 aliphatic carbocycles. The molecule has 0 saturated carbocycles. The van der Waals surface area contributed by atoms with E-state index in [0.29, 0.717) is 42.1 Å². The molecule has 0 bridgehead atoms. The highest BCUT2D eigenvalue weighted by atomic mass is 79.9. The van der Waals surface area contributed by atoms with Gasteiger partial charge in [0.15, 0.2) is 0 Å². The lowest BCUT2D eigenvalue weighted by molar-refractivity contribution is -0.139. The summed E-state index contributed by atoms with van der Waals surface area (Å²) in [4.78, 5) is 40.3. The summed E-state index contributed by atoms with van der Waals surface area (Å²) >= 11 is 4.26. The summed E-state index contributed by atoms with van der Waals surface area (Å²) in [7, 11) is 0. The van der Waals surface area contributed by atoms with Crippen molar-refractivity contribution >= 4 is 50.8 Å². The normalized spacial score (nSPS) is 17.7. The number of ether oxygens (including phenoxy) is 2. The van der Waals surface area contributed by atoms with E-state index in [1.165, 1.54) is 12.1 Å². The highest BCUT2D eigenvalue weighted by Crippen LogP contribution is 2.34. The Balaban J connectivity index is 1.40. The molecular formula is C23H20BrFN2O5S. The molecule has 0 atom stereocenters. The zero-order chi connectivity index (χ0) is 23.4. The summed E-state index contributed by atoms with van der Waals surface area (Å²) in [6.45, 7) is 1.80. The fourth-order valence-electron chi connectivity index (χ4n) is 3.30. The van der Waals surface area contributed by atoms with Crippen LogP contribution in [-0.4, -0.2) is 59.7 Å². The maximum absolute atomic E-state index is 13.0. The summed E-state index contributed by atoms with van der Waals surface area (Å²) in [5.74, 6) is -0.480. The number of imide groups is 1. The van der Waals surface area contributed by atoms with Crippen LogP contribution >= 0.6 is 27.7 Å². The first-order chi connectivity index (χ1) is 15.9. The molecule has 172 valence electrons. The first-order valence-corrected chi connectivity index (χ1v) is 11.8. The van der Waals surface area contributed by atoms with Gasteiger partial charge in [-0.3, -0.25) is 19.3 Å². The van der Waals surface area contributed by atoms with Crippen molar-refractivity contribution in [1.82, 2.24) is 9.80 Å². The third-order valence-corrected chi connectivity index (χ3v) is 6.62. The Bertz CT molecular complexity index is 1100. The van der Waals surface area contributed by atoms with Crippen LogP contribution in [0, 0.1) is 5.82 Å². The Labute approximate surface area is 202 Å². The topological polar surface area (TPSA) is 76.2 Å². The highest BCUT2D eigenvalue weighted by molar-refractivity contribution is 9.10. The monoisotopic (exact) mass is 534 g/mol. The van der Waals surface area contributed by atoms with Crippen molar-refractivity contribution in [3.63, 3.8) is 0 Å². The summed E-state index contributed by atoms with van der Waals surface area (Å²) in [6.07, 6.45) is 1.61. The quantitative estimate of drug-likeness (QED) is 0.520. The Morgan fingerprint density at radius 1 is 1.15 bits per heavy atom. The van der Waals surface area contributed by atoms with Crippen LogP contribution in [0.1, 0.15) is 11.1 Å². The molecule has 0 unspecified atom stereocenters. The van der Waals surface area contributed by atoms with Crippen LogP contribution in [0.3, 0.4) is 0 Å². The van der Waals surface area contributed by atoms with E-state index in [4.69, 9.17) is 9.47 Å². The molecule has 10 heteroatoms. The Hall–Kier alpha value is -2.69. The largest absolute Gasteiger partial charge is 0.488 e. The van der Waals surface area contributed by atoms with Gasteiger partial charge in [-0.2, -0.15) is 0 Å². The van der Waals surface area contributed by atoms with Crippen molar-refractivity contribution in [2.24, 2.45) is 0 Å². The number of benzene rings is 2. The number of morpholine rings is 1. The van der Waals surface area contributed by atoms with Gasteiger partial charge in [-0.1, -0.05) is 18.2 Å². The van der Waals surface area contributed by atoms with Gasteiger partial charge in [-0.05, 0) is 69.2 Å². The highest BCUT2D eigenvalue weighted by Gasteiger charge is 2.37. The molecular weight excluding hydrogens is 515 g/mol. The molecule has 3 amide bonds. The Kier molecular flexibility index (Phi) is 7.46. The van der Waals surface area contributed by atoms with Gasteiger partial charge in [0.25, 0.3) is 11.1 Å². The lowest BCUT2D eigenvalue weighted by Crippen LogP contribution is -2.46. The first kappa shape index (κ1) is 23.5. The zero-order valence-electron chi connectivity index (χ0n) is 17.5. The van der Waals surface area contributed by atoms with E-state index >= 15 is 0 Å². The van der Waals surface area contributed by atoms with Gasteiger partial charge in [0.2, 0.25) is 5.91 Å². The van der Waals surface area contributed by atoms with Crippen molar-refractivity contribution < 1.29 is 28.2 Å². The van der Waals surface area contributed by atoms with Gasteiger partial charge >= 0.3 is 0 Å². The SMILES string of the molecule is O=C(CN1C(=O)S/C(=C\c2ccc(OCc3ccc(F)cc3)c(Br)c2)C1=O)N1CCOCC1. The van der Waals surface area contributed by atoms with E-state index in [2.05, 4.69) is 15.9 Å². The number of carbonyl (C=O) groups is 3. The molecule has 2 saturated heterocycles. The van der Waals surface area contributed by atoms with Crippen molar-refractivity contribution in [2.45, 2.75) is 6.61 Å². The molecule has 2 aromatic rings. The summed E-state index contributed by atoms with van der Waals surface area (Å²) in [5.41, 5.74) is 1.52. The third kappa shape index (κ3) is 5.82. The van der Waals surface area contributed by atoms with Crippen LogP contribution in [-0.2, 0) is 20.9 Å². The standard InChI is InChI=1S/C23H20BrFN2O5S/c24-18-11-16(3-6-19(18)32-14-15-1-4-17(25)5-2-15)12-20-22(29)27(23(30)33-20)13-21(28)26-7-9-31-10-8-26/h1-6,11-12H,7-10,13-14H2/b20-12-. The molecule has 2 aliphatic rings. The van der Waals surface area contributed by atoms with Crippen LogP contribution in [0.5, 0.6) is 5.75 Å². The first-order valence-electron chi connectivity index (χ1n) is 10.2. The molecule has 0 N–H and O–H groups in total. The number of rotatable bonds is 6. The Morgan fingerprint density at radius 2 is 1.88 bits per heavy atom. The van der Waals surface area contributed by atoms with E-state index in [1.807, 2.05) is 0 Å². The molecule has 7 nitrogen and oxygen atoms in total. The predicted octanol–water partition coefficient (Wildman–Crippen LogP) is 4.06. The average Bonchev–Trinajstić information content (AvgIpc) is 3.07. The lowest BCUT2D eigenvalue weighted by atomic mass is 10.2. The maximum atomic E-state index is 13.0. The van der Waals surface area contributed by atoms with Crippen LogP contribution in [0.15, 0.2) is 51.8 Å². The predicted molar refractivity (Wildman–Crippen MR) is 125 cm³/mol. The number of nitrogens with zero attached hydrogens (tertiary/aromatic N) is 2. The molecule has 0 aromatic heterocycles. The minimum absolute atomic E-state index is 0.252. The summed E-state index contributed by atoms with van der Waals surface area (Å²) in [5, 5.41) is -0.467. The molecule has 4 rings (SSSR count). The number of hydrogen-bond acceptors (Lipinski definition) is 6. The number of halogens is 2. The number of carbonyl (C=O) groups excluding carboxylic acids is 3. The Morgan fingerprint density at radius 3 is 2.58 bits per heavy atom. The molecule has 0 spiro atoms. The second kappa shape index (κ2) is 10.5. The van der Waals surface area contributed by atoms with Crippen LogP contribution < -0.4 is 4.74 Å². The minimum Gasteiger partial charge on any atom is -0.488 e. The van der Waals surface area contributed by atoms with E-state index in [-0.39, 0.29) is 29.8 Å². The second-order valence-corrected chi connectivity index (χ2v) is 9.21. The molecule has 2 aliphatic heterocycles. The van der Waals surface area contributed by atoms with E-state index < -0.39 is 11.1 Å². The van der Waals surface area contributed by atoms with Gasteiger partial charge in [0.05, 0.1) is 22.6 Å². The molecule has 2 heterocycles. The number of amides is 3. The minimum atomic E-state index is -0.487. The van der Waals surface area contributed by atoms with Gasteiger partial charge in [0, 0.05) is 13.1 Å². The summed E-state index contributed by atoms with van der Waals surface area (Å²) < 4.78 is 24.7. The van der Waals surface area contributed by atoms with Gasteiger partial charge in [-0.15, -0.1) is 0 Å². The van der Waals surface area contributed by atoms with Crippen LogP contribution in [0.25, 0.3) is 6.08 Å². The fourth-order valence-corrected chi connectivity index (χ4v) is 4.65. The number of hydrogen-bond donors (Lipinski definition) is 0. The van der Waals surface area contributed by atoms with Crippen molar-refractivity contribution in [1.29, 1.82) is 0 Å². The van der Waals surface area contributed by atoms with Crippen LogP contribution in [0.2, 0.25) is 0 Å². The van der Waals surface area contributed by atoms with Gasteiger partial charge in [-0.25, -0.2) is 4.39 Å². The molecule has 2 aromatic carbocycles. The van der Waals surface area contributed by atoms with Gasteiger partial charge < -0.3 is 14.4 Å². The zero-order valence-corrected chi connectivity index (χ0v) is 19.9. The van der Waals surface area contributed by atoms with Crippen molar-refractivity contribution in [3.8, 4) is 5.75 Å². The smallest absolute Gasteiger partial charge is 0.294 e. The van der Waals surface area contributed by atoms with Crippen molar-refractivity contribution in [2.75, 3.05) is 32.8 Å². The molecule has 0 radical (unpaired) electrons. The molecule has 33 heavy (non-hydrogen) atoms. The molecule has 2 fully saturated rings. The fraction of sp³-hybridized carbons (Fsp3) is 0.261. The van der Waals surface area contributed by atoms with E-state index in [9.17, 15) is 18.8 Å². The van der Waals surface area contributed by atoms with Crippen molar-refractivity contribution in [3.05, 3.63) is 68.8 Å². The van der Waals surface area contributed by atoms with E-state index in [1.54, 1.807) is 41.3 Å². The number of thioether (sulfide) groups is 1. The average molecular weight is 535 g/mol.